The van der Waals surface area contributed by atoms with Crippen molar-refractivity contribution in [3.63, 3.8) is 0 Å². The first kappa shape index (κ1) is 41.2. The number of hydrogen-bond donors (Lipinski definition) is 0. The Hall–Kier alpha value is -0.850. The van der Waals surface area contributed by atoms with Crippen molar-refractivity contribution >= 4 is 0 Å². The standard InChI is InChI=1S/C43H82N/c1-4-7-10-13-16-19-22-23-26-29-32-35-39-44-40-38-42(36-33-30-27-24-20-17-14-11-8-5-2)43(41-44)37-34-31-28-25-21-18-15-12-9-6-3/h38,40-41H,4-37,39H2,1-3H3/q+1. The smallest absolute Gasteiger partial charge is 0.172 e. The lowest BCUT2D eigenvalue weighted by atomic mass is 9.97. The van der Waals surface area contributed by atoms with E-state index in [-0.39, 0.29) is 0 Å². The van der Waals surface area contributed by atoms with Crippen molar-refractivity contribution in [2.45, 2.75) is 246 Å². The lowest BCUT2D eigenvalue weighted by Gasteiger charge is -2.10. The molecule has 0 aromatic carbocycles. The van der Waals surface area contributed by atoms with Crippen molar-refractivity contribution in [2.75, 3.05) is 0 Å². The normalized spacial score (nSPS) is 11.5. The third-order valence-corrected chi connectivity index (χ3v) is 10.1. The molecule has 1 nitrogen and oxygen atoms in total. The van der Waals surface area contributed by atoms with E-state index in [4.69, 9.17) is 0 Å². The molecule has 0 N–H and O–H groups in total. The average Bonchev–Trinajstić information content (AvgIpc) is 3.04. The van der Waals surface area contributed by atoms with Gasteiger partial charge in [0.25, 0.3) is 0 Å². The van der Waals surface area contributed by atoms with Gasteiger partial charge in [0.2, 0.25) is 0 Å². The van der Waals surface area contributed by atoms with Crippen LogP contribution in [0.15, 0.2) is 18.5 Å². The fourth-order valence-electron chi connectivity index (χ4n) is 6.97. The lowest BCUT2D eigenvalue weighted by Crippen LogP contribution is -2.34. The molecular weight excluding hydrogens is 530 g/mol. The quantitative estimate of drug-likeness (QED) is 0.0530. The monoisotopic (exact) mass is 613 g/mol. The predicted octanol–water partition coefficient (Wildman–Crippen LogP) is 14.6. The van der Waals surface area contributed by atoms with Crippen LogP contribution in [0.5, 0.6) is 0 Å². The molecule has 258 valence electrons. The van der Waals surface area contributed by atoms with Crippen LogP contribution in [0.1, 0.15) is 237 Å². The van der Waals surface area contributed by atoms with Crippen molar-refractivity contribution < 1.29 is 4.57 Å². The first-order valence-electron chi connectivity index (χ1n) is 20.8. The van der Waals surface area contributed by atoms with Gasteiger partial charge >= 0.3 is 0 Å². The Bertz CT molecular complexity index is 694. The lowest BCUT2D eigenvalue weighted by molar-refractivity contribution is -0.697. The van der Waals surface area contributed by atoms with Crippen LogP contribution >= 0.6 is 0 Å². The summed E-state index contributed by atoms with van der Waals surface area (Å²) in [5.41, 5.74) is 3.33. The molecule has 1 rings (SSSR count). The summed E-state index contributed by atoms with van der Waals surface area (Å²) in [6.45, 7) is 8.15. The van der Waals surface area contributed by atoms with E-state index in [1.54, 1.807) is 11.1 Å². The van der Waals surface area contributed by atoms with E-state index in [0.29, 0.717) is 0 Å². The SMILES string of the molecule is CCCCCCCCCCCCCC[n+]1ccc(CCCCCCCCCCCC)c(CCCCCCCCCCCC)c1. The molecule has 0 unspecified atom stereocenters. The summed E-state index contributed by atoms with van der Waals surface area (Å²) in [6, 6.07) is 2.50. The summed E-state index contributed by atoms with van der Waals surface area (Å²) in [6.07, 6.45) is 53.3. The highest BCUT2D eigenvalue weighted by Crippen LogP contribution is 2.18. The van der Waals surface area contributed by atoms with Crippen molar-refractivity contribution in [1.29, 1.82) is 0 Å². The molecule has 0 spiro atoms. The number of rotatable bonds is 35. The van der Waals surface area contributed by atoms with Crippen LogP contribution in [0, 0.1) is 0 Å². The molecule has 0 aliphatic carbocycles. The zero-order chi connectivity index (χ0) is 31.6. The Morgan fingerprint density at radius 1 is 0.341 bits per heavy atom. The van der Waals surface area contributed by atoms with Crippen molar-refractivity contribution in [3.05, 3.63) is 29.6 Å². The Labute approximate surface area is 279 Å². The molecule has 0 aliphatic rings. The van der Waals surface area contributed by atoms with Crippen LogP contribution in [0.2, 0.25) is 0 Å². The van der Waals surface area contributed by atoms with Gasteiger partial charge in [0.1, 0.15) is 6.54 Å². The second-order valence-electron chi connectivity index (χ2n) is 14.5. The highest BCUT2D eigenvalue weighted by molar-refractivity contribution is 5.21. The fourth-order valence-corrected chi connectivity index (χ4v) is 6.97. The third kappa shape index (κ3) is 26.4. The summed E-state index contributed by atoms with van der Waals surface area (Å²) in [4.78, 5) is 0. The van der Waals surface area contributed by atoms with E-state index in [1.165, 1.54) is 225 Å². The summed E-state index contributed by atoms with van der Waals surface area (Å²) < 4.78 is 2.53. The molecule has 0 saturated heterocycles. The van der Waals surface area contributed by atoms with Crippen molar-refractivity contribution in [1.82, 2.24) is 0 Å². The topological polar surface area (TPSA) is 3.88 Å². The molecule has 0 aliphatic heterocycles. The zero-order valence-corrected chi connectivity index (χ0v) is 30.9. The van der Waals surface area contributed by atoms with Crippen LogP contribution in [0.25, 0.3) is 0 Å². The molecule has 1 aromatic rings. The first-order chi connectivity index (χ1) is 21.8. The zero-order valence-electron chi connectivity index (χ0n) is 30.9. The predicted molar refractivity (Wildman–Crippen MR) is 199 cm³/mol. The van der Waals surface area contributed by atoms with Crippen LogP contribution < -0.4 is 4.57 Å². The van der Waals surface area contributed by atoms with E-state index in [0.717, 1.165) is 0 Å². The number of unbranched alkanes of at least 4 members (excludes halogenated alkanes) is 29. The maximum Gasteiger partial charge on any atom is 0.172 e. The van der Waals surface area contributed by atoms with Crippen molar-refractivity contribution in [2.24, 2.45) is 0 Å². The minimum atomic E-state index is 1.21. The molecule has 1 heteroatoms. The molecule has 1 heterocycles. The number of aromatic nitrogens is 1. The molecule has 0 bridgehead atoms. The number of hydrogen-bond acceptors (Lipinski definition) is 0. The van der Waals surface area contributed by atoms with Gasteiger partial charge in [-0.3, -0.25) is 0 Å². The molecule has 0 saturated carbocycles. The minimum absolute atomic E-state index is 1.21. The second-order valence-corrected chi connectivity index (χ2v) is 14.5. The van der Waals surface area contributed by atoms with Crippen molar-refractivity contribution in [3.8, 4) is 0 Å². The van der Waals surface area contributed by atoms with Gasteiger partial charge in [-0.2, -0.15) is 0 Å². The van der Waals surface area contributed by atoms with E-state index in [1.807, 2.05) is 0 Å². The van der Waals surface area contributed by atoms with Gasteiger partial charge in [-0.1, -0.05) is 201 Å². The minimum Gasteiger partial charge on any atom is -0.205 e. The summed E-state index contributed by atoms with van der Waals surface area (Å²) in [5.74, 6) is 0. The summed E-state index contributed by atoms with van der Waals surface area (Å²) >= 11 is 0. The van der Waals surface area contributed by atoms with Gasteiger partial charge in [-0.15, -0.1) is 0 Å². The molecule has 1 aromatic heterocycles. The summed E-state index contributed by atoms with van der Waals surface area (Å²) in [7, 11) is 0. The molecule has 44 heavy (non-hydrogen) atoms. The van der Waals surface area contributed by atoms with Gasteiger partial charge < -0.3 is 0 Å². The largest absolute Gasteiger partial charge is 0.205 e. The van der Waals surface area contributed by atoms with Crippen LogP contribution in [0.4, 0.5) is 0 Å². The number of nitrogens with zero attached hydrogens (tertiary/aromatic N) is 1. The number of aryl methyl sites for hydroxylation is 3. The van der Waals surface area contributed by atoms with Gasteiger partial charge in [0.15, 0.2) is 12.4 Å². The molecule has 0 radical (unpaired) electrons. The van der Waals surface area contributed by atoms with Gasteiger partial charge in [-0.25, -0.2) is 4.57 Å². The molecule has 0 fully saturated rings. The van der Waals surface area contributed by atoms with E-state index >= 15 is 0 Å². The fraction of sp³-hybridized carbons (Fsp3) is 0.884. The Balaban J connectivity index is 2.33. The third-order valence-electron chi connectivity index (χ3n) is 10.1. The Morgan fingerprint density at radius 3 is 1.00 bits per heavy atom. The van der Waals surface area contributed by atoms with Gasteiger partial charge in [0, 0.05) is 18.1 Å². The Morgan fingerprint density at radius 2 is 0.636 bits per heavy atom. The van der Waals surface area contributed by atoms with Crippen LogP contribution in [-0.2, 0) is 19.4 Å². The maximum atomic E-state index is 2.55. The van der Waals surface area contributed by atoms with Gasteiger partial charge in [0.05, 0.1) is 0 Å². The average molecular weight is 613 g/mol. The maximum absolute atomic E-state index is 2.55. The Kier molecular flexibility index (Phi) is 31.4. The van der Waals surface area contributed by atoms with Crippen LogP contribution in [-0.4, -0.2) is 0 Å². The second kappa shape index (κ2) is 33.5. The first-order valence-corrected chi connectivity index (χ1v) is 20.8. The highest BCUT2D eigenvalue weighted by Gasteiger charge is 2.10. The summed E-state index contributed by atoms with van der Waals surface area (Å²) in [5, 5.41) is 0. The van der Waals surface area contributed by atoms with E-state index in [9.17, 15) is 0 Å². The molecular formula is C43H82N+. The van der Waals surface area contributed by atoms with Crippen LogP contribution in [0.3, 0.4) is 0 Å². The number of pyridine rings is 1. The molecule has 0 atom stereocenters. The van der Waals surface area contributed by atoms with E-state index in [2.05, 4.69) is 43.8 Å². The van der Waals surface area contributed by atoms with E-state index < -0.39 is 0 Å². The van der Waals surface area contributed by atoms with Gasteiger partial charge in [-0.05, 0) is 37.7 Å². The highest BCUT2D eigenvalue weighted by atomic mass is 14.9. The molecule has 0 amide bonds.